The highest BCUT2D eigenvalue weighted by molar-refractivity contribution is 6.32. The summed E-state index contributed by atoms with van der Waals surface area (Å²) in [6, 6.07) is 5.58. The van der Waals surface area contributed by atoms with Crippen molar-refractivity contribution in [1.82, 2.24) is 5.32 Å². The van der Waals surface area contributed by atoms with Gasteiger partial charge in [0, 0.05) is 24.1 Å². The number of benzene rings is 2. The highest BCUT2D eigenvalue weighted by atomic mass is 35.5. The largest absolute Gasteiger partial charge is 0.453 e. The van der Waals surface area contributed by atoms with Gasteiger partial charge in [-0.05, 0) is 37.6 Å². The van der Waals surface area contributed by atoms with Crippen LogP contribution in [0.2, 0.25) is 5.02 Å². The van der Waals surface area contributed by atoms with Crippen LogP contribution in [0.5, 0.6) is 11.5 Å². The first kappa shape index (κ1) is 22.6. The minimum absolute atomic E-state index is 0.00116. The summed E-state index contributed by atoms with van der Waals surface area (Å²) in [5.74, 6) is -3.25. The SMILES string of the molecule is CC[C@@H](N[C@@H](C)CC(N)=O)c1ccc(Cl)c(Oc2ccc(F)c(C(N)=O)c2)c1F. The number of amides is 2. The number of rotatable bonds is 9. The molecule has 0 fully saturated rings. The molecule has 0 heterocycles. The van der Waals surface area contributed by atoms with Crippen LogP contribution < -0.4 is 21.5 Å². The van der Waals surface area contributed by atoms with Crippen LogP contribution in [-0.4, -0.2) is 17.9 Å². The van der Waals surface area contributed by atoms with Crippen LogP contribution in [0.3, 0.4) is 0 Å². The molecule has 2 rings (SSSR count). The van der Waals surface area contributed by atoms with Crippen molar-refractivity contribution in [2.45, 2.75) is 38.8 Å². The molecule has 0 aliphatic heterocycles. The Morgan fingerprint density at radius 3 is 2.48 bits per heavy atom. The number of ether oxygens (including phenoxy) is 1. The summed E-state index contributed by atoms with van der Waals surface area (Å²) in [6.45, 7) is 3.62. The van der Waals surface area contributed by atoms with Crippen molar-refractivity contribution in [3.8, 4) is 11.5 Å². The van der Waals surface area contributed by atoms with Gasteiger partial charge in [0.2, 0.25) is 5.91 Å². The zero-order valence-electron chi connectivity index (χ0n) is 16.0. The summed E-state index contributed by atoms with van der Waals surface area (Å²) in [4.78, 5) is 22.4. The standard InChI is InChI=1S/C20H22ClF2N3O3/c1-3-16(26-10(2)8-17(24)27)12-5-6-14(21)19(18(12)23)29-11-4-7-15(22)13(9-11)20(25)28/h4-7,9-10,16,26H,3,8H2,1-2H3,(H2,24,27)(H2,25,28)/t10-,16+/m0/s1. The molecule has 0 bridgehead atoms. The van der Waals surface area contributed by atoms with E-state index in [1.807, 2.05) is 6.92 Å². The van der Waals surface area contributed by atoms with Crippen LogP contribution in [0, 0.1) is 11.6 Å². The highest BCUT2D eigenvalue weighted by Gasteiger charge is 2.22. The number of hydrogen-bond acceptors (Lipinski definition) is 4. The molecule has 2 atom stereocenters. The lowest BCUT2D eigenvalue weighted by atomic mass is 10.0. The van der Waals surface area contributed by atoms with E-state index in [0.29, 0.717) is 6.42 Å². The Labute approximate surface area is 172 Å². The summed E-state index contributed by atoms with van der Waals surface area (Å²) >= 11 is 6.10. The van der Waals surface area contributed by atoms with Gasteiger partial charge in [0.05, 0.1) is 10.6 Å². The molecular formula is C20H22ClF2N3O3. The van der Waals surface area contributed by atoms with Gasteiger partial charge in [-0.25, -0.2) is 8.78 Å². The molecule has 9 heteroatoms. The average Bonchev–Trinajstić information content (AvgIpc) is 2.64. The van der Waals surface area contributed by atoms with E-state index in [2.05, 4.69) is 5.32 Å². The van der Waals surface area contributed by atoms with Crippen molar-refractivity contribution in [2.24, 2.45) is 11.5 Å². The van der Waals surface area contributed by atoms with Gasteiger partial charge in [-0.1, -0.05) is 24.6 Å². The smallest absolute Gasteiger partial charge is 0.251 e. The fourth-order valence-electron chi connectivity index (χ4n) is 2.92. The normalized spacial score (nSPS) is 13.0. The van der Waals surface area contributed by atoms with E-state index in [4.69, 9.17) is 27.8 Å². The third kappa shape index (κ3) is 5.65. The topological polar surface area (TPSA) is 107 Å². The fraction of sp³-hybridized carbons (Fsp3) is 0.300. The van der Waals surface area contributed by atoms with Gasteiger partial charge in [0.15, 0.2) is 11.6 Å². The number of nitrogens with one attached hydrogen (secondary N) is 1. The van der Waals surface area contributed by atoms with Crippen LogP contribution in [0.1, 0.15) is 48.7 Å². The first-order valence-corrected chi connectivity index (χ1v) is 9.31. The zero-order chi connectivity index (χ0) is 21.7. The minimum atomic E-state index is -0.980. The zero-order valence-corrected chi connectivity index (χ0v) is 16.7. The maximum Gasteiger partial charge on any atom is 0.251 e. The summed E-state index contributed by atoms with van der Waals surface area (Å²) < 4.78 is 34.4. The molecule has 0 saturated carbocycles. The van der Waals surface area contributed by atoms with Gasteiger partial charge < -0.3 is 21.5 Å². The van der Waals surface area contributed by atoms with Gasteiger partial charge in [-0.3, -0.25) is 9.59 Å². The average molecular weight is 426 g/mol. The van der Waals surface area contributed by atoms with E-state index in [1.54, 1.807) is 6.92 Å². The second-order valence-electron chi connectivity index (χ2n) is 6.59. The van der Waals surface area contributed by atoms with Crippen LogP contribution in [0.15, 0.2) is 30.3 Å². The lowest BCUT2D eigenvalue weighted by molar-refractivity contribution is -0.118. The maximum absolute atomic E-state index is 15.2. The molecule has 5 N–H and O–H groups in total. The summed E-state index contributed by atoms with van der Waals surface area (Å²) in [7, 11) is 0. The molecule has 2 amide bonds. The molecule has 0 spiro atoms. The van der Waals surface area contributed by atoms with Gasteiger partial charge in [-0.15, -0.1) is 0 Å². The Kier molecular flexibility index (Phi) is 7.53. The monoisotopic (exact) mass is 425 g/mol. The summed E-state index contributed by atoms with van der Waals surface area (Å²) in [5.41, 5.74) is 10.2. The van der Waals surface area contributed by atoms with Crippen molar-refractivity contribution in [2.75, 3.05) is 0 Å². The third-order valence-corrected chi connectivity index (χ3v) is 4.58. The van der Waals surface area contributed by atoms with Crippen molar-refractivity contribution in [1.29, 1.82) is 0 Å². The lowest BCUT2D eigenvalue weighted by Crippen LogP contribution is -2.34. The number of halogens is 3. The summed E-state index contributed by atoms with van der Waals surface area (Å²) in [5, 5.41) is 3.14. The van der Waals surface area contributed by atoms with Gasteiger partial charge >= 0.3 is 0 Å². The van der Waals surface area contributed by atoms with E-state index in [1.165, 1.54) is 18.2 Å². The number of nitrogens with two attached hydrogens (primary N) is 2. The molecule has 2 aromatic carbocycles. The molecule has 0 unspecified atom stereocenters. The molecular weight excluding hydrogens is 404 g/mol. The van der Waals surface area contributed by atoms with Gasteiger partial charge in [0.1, 0.15) is 11.6 Å². The molecule has 29 heavy (non-hydrogen) atoms. The van der Waals surface area contributed by atoms with Crippen LogP contribution in [0.25, 0.3) is 0 Å². The molecule has 0 aromatic heterocycles. The Bertz CT molecular complexity index is 924. The van der Waals surface area contributed by atoms with Crippen molar-refractivity contribution in [3.05, 3.63) is 58.1 Å². The molecule has 0 aliphatic rings. The molecule has 6 nitrogen and oxygen atoms in total. The van der Waals surface area contributed by atoms with E-state index >= 15 is 4.39 Å². The van der Waals surface area contributed by atoms with Gasteiger partial charge in [-0.2, -0.15) is 0 Å². The number of carbonyl (C=O) groups excluding carboxylic acids is 2. The third-order valence-electron chi connectivity index (χ3n) is 4.28. The lowest BCUT2D eigenvalue weighted by Gasteiger charge is -2.23. The number of primary amides is 2. The van der Waals surface area contributed by atoms with Gasteiger partial charge in [0.25, 0.3) is 5.91 Å². The Balaban J connectivity index is 2.36. The van der Waals surface area contributed by atoms with E-state index in [9.17, 15) is 14.0 Å². The van der Waals surface area contributed by atoms with E-state index in [-0.39, 0.29) is 40.1 Å². The van der Waals surface area contributed by atoms with Crippen molar-refractivity contribution >= 4 is 23.4 Å². The number of carbonyl (C=O) groups is 2. The van der Waals surface area contributed by atoms with Crippen LogP contribution in [-0.2, 0) is 4.79 Å². The molecule has 156 valence electrons. The van der Waals surface area contributed by atoms with E-state index < -0.39 is 29.5 Å². The summed E-state index contributed by atoms with van der Waals surface area (Å²) in [6.07, 6.45) is 0.615. The predicted molar refractivity (Wildman–Crippen MR) is 106 cm³/mol. The second-order valence-corrected chi connectivity index (χ2v) is 6.99. The fourth-order valence-corrected chi connectivity index (χ4v) is 3.10. The Morgan fingerprint density at radius 1 is 1.21 bits per heavy atom. The Hall–Kier alpha value is -2.71. The Morgan fingerprint density at radius 2 is 1.90 bits per heavy atom. The van der Waals surface area contributed by atoms with Crippen molar-refractivity contribution < 1.29 is 23.1 Å². The molecule has 2 aromatic rings. The number of hydrogen-bond donors (Lipinski definition) is 3. The highest BCUT2D eigenvalue weighted by Crippen LogP contribution is 2.37. The molecule has 0 aliphatic carbocycles. The quantitative estimate of drug-likeness (QED) is 0.567. The van der Waals surface area contributed by atoms with Crippen molar-refractivity contribution in [3.63, 3.8) is 0 Å². The first-order valence-electron chi connectivity index (χ1n) is 8.93. The minimum Gasteiger partial charge on any atom is -0.453 e. The predicted octanol–water partition coefficient (Wildman–Crippen LogP) is 3.81. The van der Waals surface area contributed by atoms with E-state index in [0.717, 1.165) is 12.1 Å². The van der Waals surface area contributed by atoms with Crippen LogP contribution in [0.4, 0.5) is 8.78 Å². The maximum atomic E-state index is 15.2. The second kappa shape index (κ2) is 9.67. The van der Waals surface area contributed by atoms with Crippen LogP contribution >= 0.6 is 11.6 Å². The molecule has 0 saturated heterocycles. The molecule has 0 radical (unpaired) electrons. The first-order chi connectivity index (χ1) is 13.6.